The maximum atomic E-state index is 9.73. The number of hydrogen-bond acceptors (Lipinski definition) is 5. The molecule has 0 aliphatic rings. The summed E-state index contributed by atoms with van der Waals surface area (Å²) in [4.78, 5) is 0. The van der Waals surface area contributed by atoms with Crippen molar-refractivity contribution in [2.45, 2.75) is 19.1 Å². The normalized spacial score (nSPS) is 12.3. The lowest BCUT2D eigenvalue weighted by Crippen LogP contribution is -2.31. The van der Waals surface area contributed by atoms with Crippen LogP contribution in [0.3, 0.4) is 0 Å². The maximum absolute atomic E-state index is 9.73. The van der Waals surface area contributed by atoms with Crippen molar-refractivity contribution in [2.24, 2.45) is 0 Å². The lowest BCUT2D eigenvalue weighted by Gasteiger charge is -2.12. The average Bonchev–Trinajstić information content (AvgIpc) is 2.48. The molecule has 20 heavy (non-hydrogen) atoms. The van der Waals surface area contributed by atoms with Gasteiger partial charge >= 0.3 is 0 Å². The van der Waals surface area contributed by atoms with Gasteiger partial charge in [-0.2, -0.15) is 0 Å². The second-order valence-electron chi connectivity index (χ2n) is 4.57. The highest BCUT2D eigenvalue weighted by Gasteiger charge is 2.04. The standard InChI is InChI=1S/C15H25NO4/c1-18-9-3-8-16-10-14(17)12-20-11-13-4-6-15(19-2)7-5-13/h4-7,14,16-17H,3,8-12H2,1-2H3. The molecule has 0 saturated carbocycles. The molecule has 1 rings (SSSR count). The first-order chi connectivity index (χ1) is 9.76. The Morgan fingerprint density at radius 3 is 2.60 bits per heavy atom. The molecule has 1 aromatic rings. The fourth-order valence-corrected chi connectivity index (χ4v) is 1.70. The number of aliphatic hydroxyl groups is 1. The van der Waals surface area contributed by atoms with Gasteiger partial charge in [0.15, 0.2) is 0 Å². The molecule has 1 unspecified atom stereocenters. The van der Waals surface area contributed by atoms with Gasteiger partial charge in [-0.15, -0.1) is 0 Å². The maximum Gasteiger partial charge on any atom is 0.118 e. The first kappa shape index (κ1) is 16.9. The molecule has 2 N–H and O–H groups in total. The lowest BCUT2D eigenvalue weighted by atomic mass is 10.2. The van der Waals surface area contributed by atoms with Gasteiger partial charge in [-0.05, 0) is 30.7 Å². The Labute approximate surface area is 120 Å². The molecule has 5 heteroatoms. The average molecular weight is 283 g/mol. The highest BCUT2D eigenvalue weighted by atomic mass is 16.5. The molecule has 5 nitrogen and oxygen atoms in total. The van der Waals surface area contributed by atoms with E-state index >= 15 is 0 Å². The number of rotatable bonds is 11. The second-order valence-corrected chi connectivity index (χ2v) is 4.57. The minimum Gasteiger partial charge on any atom is -0.497 e. The third kappa shape index (κ3) is 7.45. The predicted molar refractivity (Wildman–Crippen MR) is 78.0 cm³/mol. The summed E-state index contributed by atoms with van der Waals surface area (Å²) in [5.74, 6) is 0.828. The molecule has 0 radical (unpaired) electrons. The van der Waals surface area contributed by atoms with Crippen LogP contribution in [0.4, 0.5) is 0 Å². The van der Waals surface area contributed by atoms with E-state index in [0.717, 1.165) is 30.9 Å². The van der Waals surface area contributed by atoms with Crippen molar-refractivity contribution in [3.05, 3.63) is 29.8 Å². The molecule has 0 aliphatic carbocycles. The third-order valence-corrected chi connectivity index (χ3v) is 2.82. The highest BCUT2D eigenvalue weighted by molar-refractivity contribution is 5.26. The topological polar surface area (TPSA) is 60.0 Å². The fraction of sp³-hybridized carbons (Fsp3) is 0.600. The van der Waals surface area contributed by atoms with Gasteiger partial charge in [-0.25, -0.2) is 0 Å². The van der Waals surface area contributed by atoms with Crippen molar-refractivity contribution in [3.8, 4) is 5.75 Å². The van der Waals surface area contributed by atoms with E-state index in [-0.39, 0.29) is 0 Å². The van der Waals surface area contributed by atoms with Crippen LogP contribution in [0.5, 0.6) is 5.75 Å². The van der Waals surface area contributed by atoms with Gasteiger partial charge in [0.05, 0.1) is 26.4 Å². The fourth-order valence-electron chi connectivity index (χ4n) is 1.70. The summed E-state index contributed by atoms with van der Waals surface area (Å²) < 4.78 is 15.5. The van der Waals surface area contributed by atoms with E-state index in [1.165, 1.54) is 0 Å². The van der Waals surface area contributed by atoms with E-state index in [0.29, 0.717) is 19.8 Å². The molecule has 0 aliphatic heterocycles. The molecule has 0 heterocycles. The van der Waals surface area contributed by atoms with E-state index < -0.39 is 6.10 Å². The Kier molecular flexibility index (Phi) is 8.98. The van der Waals surface area contributed by atoms with Gasteiger partial charge in [0.2, 0.25) is 0 Å². The zero-order valence-corrected chi connectivity index (χ0v) is 12.3. The smallest absolute Gasteiger partial charge is 0.118 e. The molecule has 1 aromatic carbocycles. The van der Waals surface area contributed by atoms with Crippen LogP contribution in [-0.2, 0) is 16.1 Å². The summed E-state index contributed by atoms with van der Waals surface area (Å²) in [7, 11) is 3.32. The number of methoxy groups -OCH3 is 2. The molecular weight excluding hydrogens is 258 g/mol. The summed E-state index contributed by atoms with van der Waals surface area (Å²) in [5, 5.41) is 12.9. The first-order valence-electron chi connectivity index (χ1n) is 6.84. The predicted octanol–water partition coefficient (Wildman–Crippen LogP) is 1.20. The van der Waals surface area contributed by atoms with E-state index in [9.17, 15) is 5.11 Å². The monoisotopic (exact) mass is 283 g/mol. The van der Waals surface area contributed by atoms with Gasteiger partial charge in [-0.3, -0.25) is 0 Å². The Morgan fingerprint density at radius 2 is 1.95 bits per heavy atom. The van der Waals surface area contributed by atoms with Crippen LogP contribution in [0, 0.1) is 0 Å². The quantitative estimate of drug-likeness (QED) is 0.598. The van der Waals surface area contributed by atoms with E-state index in [2.05, 4.69) is 5.32 Å². The van der Waals surface area contributed by atoms with Crippen molar-refractivity contribution in [3.63, 3.8) is 0 Å². The van der Waals surface area contributed by atoms with Crippen LogP contribution >= 0.6 is 0 Å². The lowest BCUT2D eigenvalue weighted by molar-refractivity contribution is 0.0287. The Balaban J connectivity index is 2.07. The van der Waals surface area contributed by atoms with Gasteiger partial charge < -0.3 is 24.6 Å². The molecule has 114 valence electrons. The Hall–Kier alpha value is -1.14. The summed E-state index contributed by atoms with van der Waals surface area (Å²) in [6, 6.07) is 7.70. The summed E-state index contributed by atoms with van der Waals surface area (Å²) in [6.45, 7) is 2.92. The van der Waals surface area contributed by atoms with E-state index in [4.69, 9.17) is 14.2 Å². The minimum atomic E-state index is -0.490. The molecule has 0 aromatic heterocycles. The minimum absolute atomic E-state index is 0.323. The van der Waals surface area contributed by atoms with Crippen LogP contribution in [0.1, 0.15) is 12.0 Å². The van der Waals surface area contributed by atoms with E-state index in [1.54, 1.807) is 14.2 Å². The van der Waals surface area contributed by atoms with Crippen molar-refractivity contribution >= 4 is 0 Å². The van der Waals surface area contributed by atoms with Gasteiger partial charge in [0.1, 0.15) is 5.75 Å². The van der Waals surface area contributed by atoms with Crippen molar-refractivity contribution in [1.29, 1.82) is 0 Å². The van der Waals surface area contributed by atoms with Crippen LogP contribution < -0.4 is 10.1 Å². The van der Waals surface area contributed by atoms with Crippen LogP contribution in [0.2, 0.25) is 0 Å². The molecule has 0 bridgehead atoms. The van der Waals surface area contributed by atoms with Gasteiger partial charge in [0, 0.05) is 20.3 Å². The zero-order chi connectivity index (χ0) is 14.6. The summed E-state index contributed by atoms with van der Waals surface area (Å²) in [5.41, 5.74) is 1.06. The van der Waals surface area contributed by atoms with Crippen molar-refractivity contribution in [2.75, 3.05) is 40.5 Å². The van der Waals surface area contributed by atoms with Crippen LogP contribution in [-0.4, -0.2) is 51.7 Å². The number of benzene rings is 1. The van der Waals surface area contributed by atoms with Crippen LogP contribution in [0.25, 0.3) is 0 Å². The molecular formula is C15H25NO4. The van der Waals surface area contributed by atoms with Crippen LogP contribution in [0.15, 0.2) is 24.3 Å². The number of aliphatic hydroxyl groups excluding tert-OH is 1. The first-order valence-corrected chi connectivity index (χ1v) is 6.84. The molecule has 1 atom stereocenters. The molecule has 0 fully saturated rings. The Bertz CT molecular complexity index is 342. The largest absolute Gasteiger partial charge is 0.497 e. The van der Waals surface area contributed by atoms with Gasteiger partial charge in [-0.1, -0.05) is 12.1 Å². The molecule has 0 amide bonds. The van der Waals surface area contributed by atoms with Gasteiger partial charge in [0.25, 0.3) is 0 Å². The SMILES string of the molecule is COCCCNCC(O)COCc1ccc(OC)cc1. The zero-order valence-electron chi connectivity index (χ0n) is 12.3. The number of ether oxygens (including phenoxy) is 3. The molecule has 0 spiro atoms. The highest BCUT2D eigenvalue weighted by Crippen LogP contribution is 2.11. The van der Waals surface area contributed by atoms with E-state index in [1.807, 2.05) is 24.3 Å². The second kappa shape index (κ2) is 10.6. The molecule has 0 saturated heterocycles. The summed E-state index contributed by atoms with van der Waals surface area (Å²) >= 11 is 0. The van der Waals surface area contributed by atoms with Crippen molar-refractivity contribution in [1.82, 2.24) is 5.32 Å². The number of nitrogens with one attached hydrogen (secondary N) is 1. The van der Waals surface area contributed by atoms with Crippen molar-refractivity contribution < 1.29 is 19.3 Å². The Morgan fingerprint density at radius 1 is 1.20 bits per heavy atom. The number of hydrogen-bond donors (Lipinski definition) is 2. The summed E-state index contributed by atoms with van der Waals surface area (Å²) in [6.07, 6.45) is 0.450. The third-order valence-electron chi connectivity index (χ3n) is 2.82.